The van der Waals surface area contributed by atoms with E-state index in [1.54, 1.807) is 37.4 Å². The third-order valence-electron chi connectivity index (χ3n) is 5.28. The van der Waals surface area contributed by atoms with Crippen molar-refractivity contribution in [3.8, 4) is 11.5 Å². The van der Waals surface area contributed by atoms with Crippen molar-refractivity contribution in [1.29, 1.82) is 0 Å². The first-order chi connectivity index (χ1) is 14.8. The van der Waals surface area contributed by atoms with Crippen molar-refractivity contribution in [2.75, 3.05) is 25.1 Å². The van der Waals surface area contributed by atoms with Crippen molar-refractivity contribution in [3.63, 3.8) is 0 Å². The predicted octanol–water partition coefficient (Wildman–Crippen LogP) is 4.34. The van der Waals surface area contributed by atoms with Gasteiger partial charge in [0, 0.05) is 31.3 Å². The summed E-state index contributed by atoms with van der Waals surface area (Å²) in [4.78, 5) is 25.8. The molecule has 3 aromatic carbocycles. The molecule has 6 nitrogen and oxygen atoms in total. The number of amides is 2. The average Bonchev–Trinajstić information content (AvgIpc) is 2.74. The number of ether oxygens (including phenoxy) is 1. The number of anilines is 1. The highest BCUT2D eigenvalue weighted by molar-refractivity contribution is 6.09. The molecule has 3 rings (SSSR count). The van der Waals surface area contributed by atoms with Crippen LogP contribution in [-0.4, -0.2) is 37.1 Å². The van der Waals surface area contributed by atoms with E-state index in [0.717, 1.165) is 11.3 Å². The van der Waals surface area contributed by atoms with E-state index in [1.807, 2.05) is 26.0 Å². The number of phenolic OH excluding ortho intramolecular Hbond substituents is 1. The summed E-state index contributed by atoms with van der Waals surface area (Å²) in [7, 11) is 1.68. The Bertz CT molecular complexity index is 1120. The van der Waals surface area contributed by atoms with E-state index in [9.17, 15) is 14.7 Å². The molecule has 3 aromatic rings. The van der Waals surface area contributed by atoms with Crippen molar-refractivity contribution in [2.45, 2.75) is 27.2 Å². The van der Waals surface area contributed by atoms with Crippen LogP contribution in [0.3, 0.4) is 0 Å². The summed E-state index contributed by atoms with van der Waals surface area (Å²) in [6.45, 7) is 6.43. The number of aryl methyl sites for hydroxylation is 2. The molecule has 0 aliphatic rings. The monoisotopic (exact) mass is 420 g/mol. The van der Waals surface area contributed by atoms with Crippen LogP contribution in [-0.2, 0) is 4.79 Å². The van der Waals surface area contributed by atoms with Gasteiger partial charge in [0.25, 0.3) is 5.91 Å². The van der Waals surface area contributed by atoms with Gasteiger partial charge < -0.3 is 20.1 Å². The molecule has 0 radical (unpaired) electrons. The minimum atomic E-state index is -0.351. The third-order valence-corrected chi connectivity index (χ3v) is 5.28. The number of hydrogen-bond acceptors (Lipinski definition) is 4. The summed E-state index contributed by atoms with van der Waals surface area (Å²) in [5.41, 5.74) is 3.15. The van der Waals surface area contributed by atoms with E-state index in [1.165, 1.54) is 17.4 Å². The van der Waals surface area contributed by atoms with Gasteiger partial charge in [-0.1, -0.05) is 35.9 Å². The number of aromatic hydroxyl groups is 1. The lowest BCUT2D eigenvalue weighted by atomic mass is 10.0. The molecular formula is C25H28N2O4. The molecule has 162 valence electrons. The van der Waals surface area contributed by atoms with E-state index < -0.39 is 0 Å². The Kier molecular flexibility index (Phi) is 6.80. The molecule has 0 saturated carbocycles. The van der Waals surface area contributed by atoms with Gasteiger partial charge in [0.15, 0.2) is 0 Å². The lowest BCUT2D eigenvalue weighted by molar-refractivity contribution is -0.116. The minimum absolute atomic E-state index is 0.0969. The normalized spacial score (nSPS) is 10.7. The van der Waals surface area contributed by atoms with E-state index in [4.69, 9.17) is 4.74 Å². The molecule has 0 spiro atoms. The number of carbonyl (C=O) groups is 2. The van der Waals surface area contributed by atoms with Crippen molar-refractivity contribution in [3.05, 3.63) is 65.2 Å². The first-order valence-corrected chi connectivity index (χ1v) is 10.3. The Morgan fingerprint density at radius 2 is 1.84 bits per heavy atom. The van der Waals surface area contributed by atoms with E-state index in [-0.39, 0.29) is 23.1 Å². The van der Waals surface area contributed by atoms with Crippen LogP contribution < -0.4 is 15.0 Å². The van der Waals surface area contributed by atoms with Crippen LogP contribution in [0.1, 0.15) is 34.8 Å². The van der Waals surface area contributed by atoms with Crippen molar-refractivity contribution < 1.29 is 19.4 Å². The zero-order valence-electron chi connectivity index (χ0n) is 18.4. The van der Waals surface area contributed by atoms with Crippen molar-refractivity contribution in [1.82, 2.24) is 5.32 Å². The molecule has 0 aliphatic carbocycles. The van der Waals surface area contributed by atoms with Crippen LogP contribution in [0.4, 0.5) is 5.69 Å². The first-order valence-electron chi connectivity index (χ1n) is 10.3. The largest absolute Gasteiger partial charge is 0.506 e. The van der Waals surface area contributed by atoms with Gasteiger partial charge in [0.2, 0.25) is 5.91 Å². The highest BCUT2D eigenvalue weighted by Crippen LogP contribution is 2.34. The number of fused-ring (bicyclic) bond motifs is 1. The topological polar surface area (TPSA) is 78.9 Å². The van der Waals surface area contributed by atoms with Crippen LogP contribution in [0, 0.1) is 13.8 Å². The Morgan fingerprint density at radius 1 is 1.06 bits per heavy atom. The molecule has 0 unspecified atom stereocenters. The van der Waals surface area contributed by atoms with Crippen molar-refractivity contribution >= 4 is 28.3 Å². The summed E-state index contributed by atoms with van der Waals surface area (Å²) in [5.74, 6) is 0.281. The molecule has 2 N–H and O–H groups in total. The molecule has 0 fully saturated rings. The Morgan fingerprint density at radius 3 is 2.55 bits per heavy atom. The molecule has 31 heavy (non-hydrogen) atoms. The molecule has 0 aromatic heterocycles. The maximum absolute atomic E-state index is 12.6. The van der Waals surface area contributed by atoms with Gasteiger partial charge in [-0.2, -0.15) is 0 Å². The van der Waals surface area contributed by atoms with Crippen LogP contribution >= 0.6 is 0 Å². The zero-order chi connectivity index (χ0) is 22.5. The molecule has 0 bridgehead atoms. The Labute approximate surface area is 182 Å². The molecular weight excluding hydrogens is 392 g/mol. The molecule has 0 heterocycles. The molecule has 0 atom stereocenters. The first kappa shape index (κ1) is 22.2. The zero-order valence-corrected chi connectivity index (χ0v) is 18.4. The summed E-state index contributed by atoms with van der Waals surface area (Å²) in [5, 5.41) is 14.7. The number of benzene rings is 3. The van der Waals surface area contributed by atoms with Gasteiger partial charge in [-0.15, -0.1) is 0 Å². The average molecular weight is 421 g/mol. The Balaban J connectivity index is 1.63. The molecule has 0 aliphatic heterocycles. The second kappa shape index (κ2) is 9.51. The second-order valence-corrected chi connectivity index (χ2v) is 7.64. The van der Waals surface area contributed by atoms with Gasteiger partial charge >= 0.3 is 0 Å². The van der Waals surface area contributed by atoms with Gasteiger partial charge in [-0.3, -0.25) is 9.59 Å². The fraction of sp³-hybridized carbons (Fsp3) is 0.280. The van der Waals surface area contributed by atoms with Crippen LogP contribution in [0.2, 0.25) is 0 Å². The maximum atomic E-state index is 12.6. The lowest BCUT2D eigenvalue weighted by Gasteiger charge is -2.18. The van der Waals surface area contributed by atoms with E-state index >= 15 is 0 Å². The van der Waals surface area contributed by atoms with E-state index in [2.05, 4.69) is 11.4 Å². The number of hydrogen-bond donors (Lipinski definition) is 2. The number of rotatable bonds is 7. The molecule has 0 saturated heterocycles. The van der Waals surface area contributed by atoms with Gasteiger partial charge in [0.05, 0.1) is 17.9 Å². The molecule has 6 heteroatoms. The SMILES string of the molecule is CC(=O)N(C)c1cccc2c(O)c(C(=O)NCCCOc3ccc(C)cc3C)ccc12. The number of carbonyl (C=O) groups excluding carboxylic acids is 2. The summed E-state index contributed by atoms with van der Waals surface area (Å²) >= 11 is 0. The van der Waals surface area contributed by atoms with Crippen LogP contribution in [0.5, 0.6) is 11.5 Å². The summed E-state index contributed by atoms with van der Waals surface area (Å²) in [6.07, 6.45) is 0.640. The molecule has 2 amide bonds. The standard InChI is InChI=1S/C25H28N2O4/c1-16-9-12-23(17(2)15-16)31-14-6-13-26-25(30)21-11-10-19-20(24(21)29)7-5-8-22(19)27(4)18(3)28/h5,7-12,15,29H,6,13-14H2,1-4H3,(H,26,30). The number of phenols is 1. The smallest absolute Gasteiger partial charge is 0.255 e. The van der Waals surface area contributed by atoms with Crippen LogP contribution in [0.25, 0.3) is 10.8 Å². The summed E-state index contributed by atoms with van der Waals surface area (Å²) < 4.78 is 5.78. The quantitative estimate of drug-likeness (QED) is 0.557. The highest BCUT2D eigenvalue weighted by Gasteiger charge is 2.17. The van der Waals surface area contributed by atoms with Gasteiger partial charge in [-0.05, 0) is 44.0 Å². The second-order valence-electron chi connectivity index (χ2n) is 7.64. The third kappa shape index (κ3) is 4.97. The van der Waals surface area contributed by atoms with Crippen molar-refractivity contribution in [2.24, 2.45) is 0 Å². The number of nitrogens with one attached hydrogen (secondary N) is 1. The minimum Gasteiger partial charge on any atom is -0.506 e. The summed E-state index contributed by atoms with van der Waals surface area (Å²) in [6, 6.07) is 14.6. The fourth-order valence-electron chi connectivity index (χ4n) is 3.48. The highest BCUT2D eigenvalue weighted by atomic mass is 16.5. The van der Waals surface area contributed by atoms with Gasteiger partial charge in [0.1, 0.15) is 11.5 Å². The van der Waals surface area contributed by atoms with Crippen LogP contribution in [0.15, 0.2) is 48.5 Å². The lowest BCUT2D eigenvalue weighted by Crippen LogP contribution is -2.26. The fourth-order valence-corrected chi connectivity index (χ4v) is 3.48. The number of nitrogens with zero attached hydrogens (tertiary/aromatic N) is 1. The van der Waals surface area contributed by atoms with Gasteiger partial charge in [-0.25, -0.2) is 0 Å². The Hall–Kier alpha value is -3.54. The van der Waals surface area contributed by atoms with E-state index in [0.29, 0.717) is 36.0 Å². The predicted molar refractivity (Wildman–Crippen MR) is 123 cm³/mol. The maximum Gasteiger partial charge on any atom is 0.255 e.